The van der Waals surface area contributed by atoms with Gasteiger partial charge in [0.25, 0.3) is 0 Å². The van der Waals surface area contributed by atoms with Gasteiger partial charge in [0, 0.05) is 35.9 Å². The van der Waals surface area contributed by atoms with Crippen molar-refractivity contribution in [1.82, 2.24) is 10.3 Å². The molecule has 8 nitrogen and oxygen atoms in total. The van der Waals surface area contributed by atoms with Gasteiger partial charge in [0.1, 0.15) is 40.2 Å². The zero-order valence-corrected chi connectivity index (χ0v) is 18.8. The first-order valence-electron chi connectivity index (χ1n) is 11.2. The Morgan fingerprint density at radius 2 is 1.94 bits per heavy atom. The molecule has 1 fully saturated rings. The molecule has 36 heavy (non-hydrogen) atoms. The van der Waals surface area contributed by atoms with Crippen molar-refractivity contribution >= 4 is 23.4 Å². The number of fused-ring (bicyclic) bond motifs is 4. The normalized spacial score (nSPS) is 22.9. The summed E-state index contributed by atoms with van der Waals surface area (Å²) >= 11 is 0. The third kappa shape index (κ3) is 3.58. The molecule has 1 aliphatic carbocycles. The minimum Gasteiger partial charge on any atom is -0.484 e. The van der Waals surface area contributed by atoms with Crippen molar-refractivity contribution in [3.8, 4) is 17.2 Å². The van der Waals surface area contributed by atoms with E-state index in [0.29, 0.717) is 48.0 Å². The van der Waals surface area contributed by atoms with E-state index in [-0.39, 0.29) is 11.8 Å². The Kier molecular flexibility index (Phi) is 4.85. The van der Waals surface area contributed by atoms with E-state index in [1.54, 1.807) is 24.4 Å². The van der Waals surface area contributed by atoms with Gasteiger partial charge in [-0.1, -0.05) is 0 Å². The maximum Gasteiger partial charge on any atom is 0.319 e. The lowest BCUT2D eigenvalue weighted by atomic mass is 10.1. The van der Waals surface area contributed by atoms with Crippen molar-refractivity contribution in [2.24, 2.45) is 0 Å². The highest BCUT2D eigenvalue weighted by atomic mass is 19.1. The van der Waals surface area contributed by atoms with Crippen LogP contribution in [0, 0.1) is 17.5 Å². The number of carbonyl (C=O) groups is 2. The predicted molar refractivity (Wildman–Crippen MR) is 122 cm³/mol. The van der Waals surface area contributed by atoms with Crippen LogP contribution in [0.2, 0.25) is 0 Å². The van der Waals surface area contributed by atoms with E-state index in [2.05, 4.69) is 20.9 Å². The number of aromatic nitrogens is 1. The summed E-state index contributed by atoms with van der Waals surface area (Å²) < 4.78 is 53.1. The molecule has 3 aromatic rings. The van der Waals surface area contributed by atoms with Crippen molar-refractivity contribution in [2.75, 3.05) is 10.6 Å². The molecule has 3 heterocycles. The fraction of sp³-hybridized carbons (Fsp3) is 0.240. The smallest absolute Gasteiger partial charge is 0.319 e. The fourth-order valence-electron chi connectivity index (χ4n) is 4.93. The van der Waals surface area contributed by atoms with Gasteiger partial charge in [-0.05, 0) is 37.6 Å². The second-order valence-corrected chi connectivity index (χ2v) is 9.07. The molecule has 0 spiro atoms. The van der Waals surface area contributed by atoms with Crippen LogP contribution in [0.1, 0.15) is 30.4 Å². The molecule has 0 radical (unpaired) electrons. The van der Waals surface area contributed by atoms with E-state index >= 15 is 0 Å². The molecule has 0 saturated heterocycles. The number of halogens is 3. The van der Waals surface area contributed by atoms with Gasteiger partial charge < -0.3 is 25.4 Å². The standard InChI is InChI=1S/C25H19F3N4O4/c1-25-20(22(25)32-24(34)31-21-15(27)8-11(26)9-16(21)28)14-10-12(2-4-18(14)36-25)35-17-6-7-29-23-13(17)3-5-19(33)30-23/h2,4,6-10,20,22H,3,5H2,1H3,(H,29,30,33)(H2,31,32,34)/t20-,22-,25?/m0/s1. The van der Waals surface area contributed by atoms with Crippen LogP contribution < -0.4 is 25.4 Å². The number of benzene rings is 2. The fourth-order valence-corrected chi connectivity index (χ4v) is 4.93. The Morgan fingerprint density at radius 3 is 2.72 bits per heavy atom. The minimum absolute atomic E-state index is 0.0951. The molecular weight excluding hydrogens is 477 g/mol. The molecule has 0 bridgehead atoms. The Balaban J connectivity index is 1.18. The Morgan fingerprint density at radius 1 is 1.17 bits per heavy atom. The molecular formula is C25H19F3N4O4. The van der Waals surface area contributed by atoms with E-state index in [1.807, 2.05) is 13.0 Å². The lowest BCUT2D eigenvalue weighted by Crippen LogP contribution is -2.37. The lowest BCUT2D eigenvalue weighted by molar-refractivity contribution is -0.116. The van der Waals surface area contributed by atoms with Gasteiger partial charge in [0.2, 0.25) is 5.91 Å². The lowest BCUT2D eigenvalue weighted by Gasteiger charge is -2.19. The van der Waals surface area contributed by atoms with Crippen LogP contribution in [0.5, 0.6) is 17.2 Å². The zero-order chi connectivity index (χ0) is 25.2. The van der Waals surface area contributed by atoms with Crippen LogP contribution >= 0.6 is 0 Å². The molecule has 1 unspecified atom stereocenters. The van der Waals surface area contributed by atoms with Crippen LogP contribution in [-0.2, 0) is 11.2 Å². The van der Waals surface area contributed by atoms with Crippen molar-refractivity contribution in [2.45, 2.75) is 37.3 Å². The highest BCUT2D eigenvalue weighted by Gasteiger charge is 2.70. The van der Waals surface area contributed by atoms with E-state index < -0.39 is 40.8 Å². The molecule has 1 saturated carbocycles. The Labute approximate surface area is 202 Å². The second kappa shape index (κ2) is 7.87. The quantitative estimate of drug-likeness (QED) is 0.490. The molecule has 3 aliphatic rings. The number of pyridine rings is 1. The first kappa shape index (κ1) is 22.2. The molecule has 184 valence electrons. The predicted octanol–water partition coefficient (Wildman–Crippen LogP) is 4.61. The third-order valence-corrected chi connectivity index (χ3v) is 6.74. The maximum atomic E-state index is 13.9. The molecule has 6 rings (SSSR count). The van der Waals surface area contributed by atoms with Crippen molar-refractivity contribution in [1.29, 1.82) is 0 Å². The van der Waals surface area contributed by atoms with Gasteiger partial charge >= 0.3 is 6.03 Å². The number of nitrogens with zero attached hydrogens (tertiary/aromatic N) is 1. The number of hydrogen-bond acceptors (Lipinski definition) is 5. The summed E-state index contributed by atoms with van der Waals surface area (Å²) in [7, 11) is 0. The average Bonchev–Trinajstić information content (AvgIpc) is 3.24. The molecule has 11 heteroatoms. The molecule has 3 atom stereocenters. The van der Waals surface area contributed by atoms with Gasteiger partial charge in [-0.25, -0.2) is 22.9 Å². The first-order chi connectivity index (χ1) is 17.2. The number of nitrogens with one attached hydrogen (secondary N) is 3. The number of anilines is 2. The summed E-state index contributed by atoms with van der Waals surface area (Å²) in [4.78, 5) is 28.3. The largest absolute Gasteiger partial charge is 0.484 e. The monoisotopic (exact) mass is 496 g/mol. The van der Waals surface area contributed by atoms with Gasteiger partial charge in [0.05, 0.1) is 12.0 Å². The molecule has 3 N–H and O–H groups in total. The van der Waals surface area contributed by atoms with Crippen LogP contribution in [0.3, 0.4) is 0 Å². The zero-order valence-electron chi connectivity index (χ0n) is 18.8. The Hall–Kier alpha value is -4.28. The van der Waals surface area contributed by atoms with E-state index in [9.17, 15) is 22.8 Å². The first-order valence-corrected chi connectivity index (χ1v) is 11.2. The highest BCUT2D eigenvalue weighted by molar-refractivity contribution is 5.93. The third-order valence-electron chi connectivity index (χ3n) is 6.74. The van der Waals surface area contributed by atoms with Crippen LogP contribution in [0.4, 0.5) is 29.5 Å². The number of ether oxygens (including phenoxy) is 2. The molecule has 2 aliphatic heterocycles. The van der Waals surface area contributed by atoms with Gasteiger partial charge in [0.15, 0.2) is 11.6 Å². The number of rotatable bonds is 4. The summed E-state index contributed by atoms with van der Waals surface area (Å²) in [5.41, 5.74) is 0.147. The van der Waals surface area contributed by atoms with Crippen LogP contribution in [0.15, 0.2) is 42.6 Å². The topological polar surface area (TPSA) is 102 Å². The minimum atomic E-state index is -1.22. The molecule has 3 amide bonds. The number of urea groups is 1. The van der Waals surface area contributed by atoms with Gasteiger partial charge in [-0.15, -0.1) is 0 Å². The highest BCUT2D eigenvalue weighted by Crippen LogP contribution is 2.62. The summed E-state index contributed by atoms with van der Waals surface area (Å²) in [5, 5.41) is 7.51. The second-order valence-electron chi connectivity index (χ2n) is 9.07. The van der Waals surface area contributed by atoms with Crippen molar-refractivity contribution in [3.63, 3.8) is 0 Å². The molecule has 1 aromatic heterocycles. The van der Waals surface area contributed by atoms with Gasteiger partial charge in [-0.3, -0.25) is 4.79 Å². The summed E-state index contributed by atoms with van der Waals surface area (Å²) in [6, 6.07) is 6.75. The number of carbonyl (C=O) groups excluding carboxylic acids is 2. The van der Waals surface area contributed by atoms with E-state index in [1.165, 1.54) is 0 Å². The number of amides is 3. The summed E-state index contributed by atoms with van der Waals surface area (Å²) in [6.07, 6.45) is 2.41. The van der Waals surface area contributed by atoms with Crippen LogP contribution in [-0.4, -0.2) is 28.6 Å². The van der Waals surface area contributed by atoms with E-state index in [4.69, 9.17) is 9.47 Å². The average molecular weight is 496 g/mol. The summed E-state index contributed by atoms with van der Waals surface area (Å²) in [5.74, 6) is -1.58. The number of hydrogen-bond donors (Lipinski definition) is 3. The summed E-state index contributed by atoms with van der Waals surface area (Å²) in [6.45, 7) is 1.82. The van der Waals surface area contributed by atoms with Crippen molar-refractivity contribution in [3.05, 3.63) is 71.2 Å². The maximum absolute atomic E-state index is 13.9. The SMILES string of the molecule is CC12Oc3ccc(Oc4ccnc5c4CCC(=O)N5)cc3[C@H]1[C@@H]2NC(=O)Nc1c(F)cc(F)cc1F. The van der Waals surface area contributed by atoms with Crippen LogP contribution in [0.25, 0.3) is 0 Å². The van der Waals surface area contributed by atoms with Gasteiger partial charge in [-0.2, -0.15) is 0 Å². The van der Waals surface area contributed by atoms with E-state index in [0.717, 1.165) is 11.1 Å². The Bertz CT molecular complexity index is 1430. The molecule has 2 aromatic carbocycles. The van der Waals surface area contributed by atoms with Crippen molar-refractivity contribution < 1.29 is 32.2 Å².